The van der Waals surface area contributed by atoms with E-state index in [1.807, 2.05) is 24.3 Å². The number of furan rings is 2. The second-order valence-corrected chi connectivity index (χ2v) is 5.73. The third-order valence-electron chi connectivity index (χ3n) is 3.58. The molecule has 0 saturated heterocycles. The third-order valence-corrected chi connectivity index (χ3v) is 3.58. The second-order valence-electron chi connectivity index (χ2n) is 5.73. The van der Waals surface area contributed by atoms with E-state index >= 15 is 0 Å². The lowest BCUT2D eigenvalue weighted by Gasteiger charge is -2.16. The normalized spacial score (nSPS) is 14.0. The number of nitrogens with one attached hydrogen (secondary N) is 3. The van der Waals surface area contributed by atoms with Gasteiger partial charge in [-0.25, -0.2) is 4.79 Å². The van der Waals surface area contributed by atoms with Gasteiger partial charge in [0.05, 0.1) is 12.5 Å². The summed E-state index contributed by atoms with van der Waals surface area (Å²) >= 11 is 0. The number of carbonyl (C=O) groups excluding carboxylic acids is 2. The van der Waals surface area contributed by atoms with Crippen LogP contribution in [0.15, 0.2) is 45.6 Å². The highest BCUT2D eigenvalue weighted by Crippen LogP contribution is 2.18. The zero-order chi connectivity index (χ0) is 16.1. The fourth-order valence-corrected chi connectivity index (χ4v) is 2.35. The summed E-state index contributed by atoms with van der Waals surface area (Å²) in [5, 5.41) is 5.10. The van der Waals surface area contributed by atoms with Gasteiger partial charge in [-0.05, 0) is 37.1 Å². The molecule has 1 saturated carbocycles. The van der Waals surface area contributed by atoms with E-state index in [4.69, 9.17) is 8.83 Å². The Morgan fingerprint density at radius 1 is 1.09 bits per heavy atom. The van der Waals surface area contributed by atoms with Crippen molar-refractivity contribution in [2.75, 3.05) is 6.54 Å². The predicted octanol–water partition coefficient (Wildman–Crippen LogP) is 0.446. The molecule has 0 aromatic carbocycles. The largest absolute Gasteiger partial charge is 0.463 e. The molecule has 0 aliphatic heterocycles. The first-order valence-electron chi connectivity index (χ1n) is 7.68. The molecule has 2 aromatic heterocycles. The summed E-state index contributed by atoms with van der Waals surface area (Å²) in [6, 6.07) is 7.14. The summed E-state index contributed by atoms with van der Waals surface area (Å²) in [7, 11) is 0. The van der Waals surface area contributed by atoms with Crippen molar-refractivity contribution in [3.63, 3.8) is 0 Å². The third kappa shape index (κ3) is 5.00. The van der Waals surface area contributed by atoms with Crippen molar-refractivity contribution < 1.29 is 23.3 Å². The van der Waals surface area contributed by atoms with Crippen LogP contribution in [0.25, 0.3) is 0 Å². The lowest BCUT2D eigenvalue weighted by Crippen LogP contribution is -3.10. The van der Waals surface area contributed by atoms with Crippen molar-refractivity contribution >= 4 is 11.9 Å². The van der Waals surface area contributed by atoms with Crippen molar-refractivity contribution in [2.45, 2.75) is 32.0 Å². The predicted molar refractivity (Wildman–Crippen MR) is 80.4 cm³/mol. The topological polar surface area (TPSA) is 88.9 Å². The molecule has 3 rings (SSSR count). The van der Waals surface area contributed by atoms with Crippen molar-refractivity contribution in [3.05, 3.63) is 48.3 Å². The minimum absolute atomic E-state index is 0.152. The van der Waals surface area contributed by atoms with Gasteiger partial charge in [0.15, 0.2) is 18.1 Å². The lowest BCUT2D eigenvalue weighted by molar-refractivity contribution is -0.921. The van der Waals surface area contributed by atoms with E-state index in [-0.39, 0.29) is 18.5 Å². The summed E-state index contributed by atoms with van der Waals surface area (Å²) in [5.74, 6) is 1.24. The maximum atomic E-state index is 12.1. The van der Waals surface area contributed by atoms with Gasteiger partial charge in [0.1, 0.15) is 13.1 Å². The molecule has 7 heteroatoms. The highest BCUT2D eigenvalue weighted by atomic mass is 16.3. The molecule has 1 aliphatic carbocycles. The van der Waals surface area contributed by atoms with E-state index in [1.165, 1.54) is 0 Å². The van der Waals surface area contributed by atoms with E-state index < -0.39 is 6.03 Å². The lowest BCUT2D eigenvalue weighted by atomic mass is 10.3. The first-order chi connectivity index (χ1) is 11.2. The van der Waals surface area contributed by atoms with Crippen molar-refractivity contribution in [3.8, 4) is 0 Å². The molecule has 2 heterocycles. The molecule has 1 fully saturated rings. The van der Waals surface area contributed by atoms with Crippen LogP contribution in [-0.2, 0) is 17.9 Å². The summed E-state index contributed by atoms with van der Waals surface area (Å²) in [4.78, 5) is 24.6. The fraction of sp³-hybridized carbons (Fsp3) is 0.375. The van der Waals surface area contributed by atoms with Crippen molar-refractivity contribution in [2.24, 2.45) is 0 Å². The van der Waals surface area contributed by atoms with Crippen LogP contribution >= 0.6 is 0 Å². The smallest absolute Gasteiger partial charge is 0.321 e. The SMILES string of the molecule is O=C(C[NH+](Cc1ccco1)Cc1ccco1)NC(=O)NC1CC1. The average molecular weight is 318 g/mol. The van der Waals surface area contributed by atoms with E-state index in [2.05, 4.69) is 10.6 Å². The summed E-state index contributed by atoms with van der Waals surface area (Å²) in [6.07, 6.45) is 5.16. The minimum Gasteiger partial charge on any atom is -0.463 e. The van der Waals surface area contributed by atoms with E-state index in [0.717, 1.165) is 29.3 Å². The Hall–Kier alpha value is -2.54. The minimum atomic E-state index is -0.423. The van der Waals surface area contributed by atoms with Gasteiger partial charge in [0.2, 0.25) is 0 Å². The van der Waals surface area contributed by atoms with Crippen LogP contribution in [0.5, 0.6) is 0 Å². The summed E-state index contributed by atoms with van der Waals surface area (Å²) in [5.41, 5.74) is 0. The van der Waals surface area contributed by atoms with E-state index in [1.54, 1.807) is 12.5 Å². The molecule has 23 heavy (non-hydrogen) atoms. The molecule has 2 aromatic rings. The molecule has 3 amide bonds. The van der Waals surface area contributed by atoms with Crippen molar-refractivity contribution in [1.29, 1.82) is 0 Å². The molecule has 0 bridgehead atoms. The van der Waals surface area contributed by atoms with Crippen LogP contribution < -0.4 is 15.5 Å². The van der Waals surface area contributed by atoms with Crippen LogP contribution in [0.1, 0.15) is 24.4 Å². The van der Waals surface area contributed by atoms with Crippen LogP contribution in [0.2, 0.25) is 0 Å². The Labute approximate surface area is 133 Å². The molecular formula is C16H20N3O4+. The van der Waals surface area contributed by atoms with Gasteiger partial charge in [-0.1, -0.05) is 0 Å². The zero-order valence-corrected chi connectivity index (χ0v) is 12.7. The van der Waals surface area contributed by atoms with Gasteiger partial charge < -0.3 is 19.1 Å². The molecule has 122 valence electrons. The first kappa shape index (κ1) is 15.4. The Kier molecular flexibility index (Phi) is 4.77. The highest BCUT2D eigenvalue weighted by molar-refractivity contribution is 5.94. The number of hydrogen-bond donors (Lipinski definition) is 3. The van der Waals surface area contributed by atoms with E-state index in [9.17, 15) is 9.59 Å². The monoisotopic (exact) mass is 318 g/mol. The molecule has 0 unspecified atom stereocenters. The first-order valence-corrected chi connectivity index (χ1v) is 7.68. The Morgan fingerprint density at radius 2 is 1.70 bits per heavy atom. The van der Waals surface area contributed by atoms with Gasteiger partial charge in [-0.2, -0.15) is 0 Å². The van der Waals surface area contributed by atoms with Crippen molar-refractivity contribution in [1.82, 2.24) is 10.6 Å². The maximum Gasteiger partial charge on any atom is 0.321 e. The zero-order valence-electron chi connectivity index (χ0n) is 12.7. The van der Waals surface area contributed by atoms with Gasteiger partial charge in [-0.15, -0.1) is 0 Å². The molecular weight excluding hydrogens is 298 g/mol. The molecule has 0 atom stereocenters. The number of imide groups is 1. The summed E-state index contributed by atoms with van der Waals surface area (Å²) < 4.78 is 10.7. The van der Waals surface area contributed by atoms with Gasteiger partial charge in [0, 0.05) is 6.04 Å². The molecule has 3 N–H and O–H groups in total. The number of urea groups is 1. The Bertz CT molecular complexity index is 596. The van der Waals surface area contributed by atoms with E-state index in [0.29, 0.717) is 13.1 Å². The highest BCUT2D eigenvalue weighted by Gasteiger charge is 2.25. The molecule has 7 nitrogen and oxygen atoms in total. The van der Waals surface area contributed by atoms with Crippen LogP contribution in [-0.4, -0.2) is 24.5 Å². The standard InChI is InChI=1S/C16H19N3O4/c20-15(18-16(21)17-12-5-6-12)11-19(9-13-3-1-7-22-13)10-14-4-2-8-23-14/h1-4,7-8,12H,5-6,9-11H2,(H2,17,18,20,21)/p+1. The number of rotatable bonds is 7. The second kappa shape index (κ2) is 7.15. The summed E-state index contributed by atoms with van der Waals surface area (Å²) in [6.45, 7) is 1.22. The Balaban J connectivity index is 1.55. The fourth-order valence-electron chi connectivity index (χ4n) is 2.35. The Morgan fingerprint density at radius 3 is 2.17 bits per heavy atom. The molecule has 0 radical (unpaired) electrons. The van der Waals surface area contributed by atoms with Crippen LogP contribution in [0.4, 0.5) is 4.79 Å². The van der Waals surface area contributed by atoms with Gasteiger partial charge in [0.25, 0.3) is 5.91 Å². The van der Waals surface area contributed by atoms with Gasteiger partial charge >= 0.3 is 6.03 Å². The van der Waals surface area contributed by atoms with Gasteiger partial charge in [-0.3, -0.25) is 10.1 Å². The average Bonchev–Trinajstić information content (AvgIpc) is 2.97. The number of carbonyl (C=O) groups is 2. The van der Waals surface area contributed by atoms with Crippen LogP contribution in [0.3, 0.4) is 0 Å². The molecule has 0 spiro atoms. The quantitative estimate of drug-likeness (QED) is 0.691. The number of amides is 3. The maximum absolute atomic E-state index is 12.1. The number of quaternary nitrogens is 1. The molecule has 1 aliphatic rings. The number of hydrogen-bond acceptors (Lipinski definition) is 4. The van der Waals surface area contributed by atoms with Crippen LogP contribution in [0, 0.1) is 0 Å².